The number of nitrogens with zero attached hydrogens (tertiary/aromatic N) is 4. The molecule has 90 heavy (non-hydrogen) atoms. The number of fused-ring (bicyclic) bond motifs is 8. The van der Waals surface area contributed by atoms with Crippen molar-refractivity contribution in [1.82, 2.24) is 9.13 Å². The standard InChI is InChI=1S/C86H82N4/c1-53(2)71-51-80(89(73-38-19-26-55-24-11-13-32-62(55)73)61-42-43-65-64-34-15-17-36-75(64)88(79(65)50-61)60-31-22-29-58(49-60)86(8,9)10)69-46-44-67-72(54(3)4)52-81(70-47-45-66(71)82(69)83(67)70)90(74-39-20-27-56-25-12-14-33-63(56)74)78-41-23-40-77-84(78)68-35-16-18-37-76(68)87(77)59-30-21-28-57(48-59)85(5,6)7/h15-23,26-31,34-54H,11-14,24-25,32-33H2,1-10H3. The van der Waals surface area contributed by atoms with Crippen LogP contribution in [-0.2, 0) is 36.5 Å². The molecule has 0 spiro atoms. The lowest BCUT2D eigenvalue weighted by molar-refractivity contribution is 0.589. The highest BCUT2D eigenvalue weighted by Gasteiger charge is 2.32. The maximum Gasteiger partial charge on any atom is 0.0562 e. The maximum absolute atomic E-state index is 2.73. The van der Waals surface area contributed by atoms with Gasteiger partial charge in [-0.25, -0.2) is 0 Å². The van der Waals surface area contributed by atoms with Crippen molar-refractivity contribution < 1.29 is 0 Å². The van der Waals surface area contributed by atoms with E-state index in [1.807, 2.05) is 0 Å². The van der Waals surface area contributed by atoms with Gasteiger partial charge in [-0.1, -0.05) is 191 Å². The lowest BCUT2D eigenvalue weighted by Gasteiger charge is -2.34. The first kappa shape index (κ1) is 56.1. The van der Waals surface area contributed by atoms with Crippen LogP contribution in [0.5, 0.6) is 0 Å². The smallest absolute Gasteiger partial charge is 0.0562 e. The Labute approximate surface area is 531 Å². The van der Waals surface area contributed by atoms with Crippen molar-refractivity contribution in [3.63, 3.8) is 0 Å². The molecule has 4 nitrogen and oxygen atoms in total. The van der Waals surface area contributed by atoms with Gasteiger partial charge in [-0.2, -0.15) is 0 Å². The molecule has 14 aromatic rings. The molecule has 2 aliphatic carbocycles. The molecule has 446 valence electrons. The van der Waals surface area contributed by atoms with E-state index >= 15 is 0 Å². The Kier molecular flexibility index (Phi) is 13.3. The second-order valence-corrected chi connectivity index (χ2v) is 28.9. The Morgan fingerprint density at radius 2 is 0.756 bits per heavy atom. The molecule has 0 bridgehead atoms. The van der Waals surface area contributed by atoms with Gasteiger partial charge in [0.1, 0.15) is 0 Å². The summed E-state index contributed by atoms with van der Waals surface area (Å²) in [5, 5.41) is 13.0. The fourth-order valence-electron chi connectivity index (χ4n) is 16.1. The molecule has 16 rings (SSSR count). The highest BCUT2D eigenvalue weighted by Crippen LogP contribution is 2.54. The van der Waals surface area contributed by atoms with Gasteiger partial charge in [-0.15, -0.1) is 0 Å². The van der Waals surface area contributed by atoms with Crippen molar-refractivity contribution in [2.75, 3.05) is 9.80 Å². The largest absolute Gasteiger partial charge is 0.309 e. The van der Waals surface area contributed by atoms with Crippen LogP contribution in [0, 0.1) is 0 Å². The zero-order valence-electron chi connectivity index (χ0n) is 54.2. The number of hydrogen-bond acceptors (Lipinski definition) is 2. The topological polar surface area (TPSA) is 16.3 Å². The third kappa shape index (κ3) is 8.90. The van der Waals surface area contributed by atoms with Crippen molar-refractivity contribution >= 4 is 110 Å². The normalized spacial score (nSPS) is 14.0. The van der Waals surface area contributed by atoms with E-state index in [-0.39, 0.29) is 22.7 Å². The maximum atomic E-state index is 2.73. The highest BCUT2D eigenvalue weighted by molar-refractivity contribution is 6.30. The molecule has 2 aromatic heterocycles. The summed E-state index contributed by atoms with van der Waals surface area (Å²) in [5.74, 6) is 0.488. The minimum atomic E-state index is -0.00245. The second-order valence-electron chi connectivity index (χ2n) is 28.9. The van der Waals surface area contributed by atoms with Gasteiger partial charge < -0.3 is 18.9 Å². The highest BCUT2D eigenvalue weighted by atomic mass is 15.2. The van der Waals surface area contributed by atoms with E-state index < -0.39 is 0 Å². The molecule has 0 saturated carbocycles. The van der Waals surface area contributed by atoms with Crippen molar-refractivity contribution in [1.29, 1.82) is 0 Å². The van der Waals surface area contributed by atoms with Crippen LogP contribution >= 0.6 is 0 Å². The summed E-state index contributed by atoms with van der Waals surface area (Å²) in [5.41, 5.74) is 25.9. The predicted octanol–water partition coefficient (Wildman–Crippen LogP) is 24.3. The van der Waals surface area contributed by atoms with E-state index in [1.54, 1.807) is 0 Å². The predicted molar refractivity (Wildman–Crippen MR) is 387 cm³/mol. The SMILES string of the molecule is CC(C)c1cc(N(c2ccc3c4ccccc4n(-c4cccc(C(C)(C)C)c4)c3c2)c2cccc3c2CCCC3)c2ccc3c(C(C)C)cc(N(c4cccc5c4CCCC5)c4cccc5c4c4ccccc4n5-c4cccc(C(C)(C)C)c4)c4ccc1c2c34. The van der Waals surface area contributed by atoms with Crippen LogP contribution in [0.1, 0.15) is 151 Å². The van der Waals surface area contributed by atoms with Crippen LogP contribution in [-0.4, -0.2) is 9.13 Å². The van der Waals surface area contributed by atoms with Gasteiger partial charge in [0.15, 0.2) is 0 Å². The van der Waals surface area contributed by atoms with E-state index in [4.69, 9.17) is 0 Å². The molecule has 2 aliphatic rings. The summed E-state index contributed by atoms with van der Waals surface area (Å²) in [6.45, 7) is 23.6. The molecule has 0 amide bonds. The van der Waals surface area contributed by atoms with E-state index in [2.05, 4.69) is 294 Å². The molecule has 0 aliphatic heterocycles. The second kappa shape index (κ2) is 21.3. The lowest BCUT2D eigenvalue weighted by Crippen LogP contribution is -2.17. The summed E-state index contributed by atoms with van der Waals surface area (Å²) in [6, 6.07) is 80.6. The number of aryl methyl sites for hydroxylation is 2. The average molecular weight is 1170 g/mol. The Bertz CT molecular complexity index is 5180. The molecule has 0 atom stereocenters. The Morgan fingerprint density at radius 1 is 0.322 bits per heavy atom. The van der Waals surface area contributed by atoms with Gasteiger partial charge in [0, 0.05) is 60.8 Å². The van der Waals surface area contributed by atoms with E-state index in [9.17, 15) is 0 Å². The molecule has 0 radical (unpaired) electrons. The quantitative estimate of drug-likeness (QED) is 0.127. The molecule has 0 saturated heterocycles. The Hall–Kier alpha value is -9.12. The summed E-state index contributed by atoms with van der Waals surface area (Å²) >= 11 is 0. The molecule has 0 unspecified atom stereocenters. The lowest BCUT2D eigenvalue weighted by atomic mass is 9.83. The third-order valence-electron chi connectivity index (χ3n) is 20.6. The molecule has 0 N–H and O–H groups in total. The van der Waals surface area contributed by atoms with Gasteiger partial charge >= 0.3 is 0 Å². The van der Waals surface area contributed by atoms with E-state index in [0.717, 1.165) is 25.7 Å². The van der Waals surface area contributed by atoms with Crippen LogP contribution in [0.15, 0.2) is 206 Å². The Balaban J connectivity index is 1.00. The monoisotopic (exact) mass is 1170 g/mol. The van der Waals surface area contributed by atoms with Crippen molar-refractivity contribution in [2.45, 2.75) is 143 Å². The molecule has 4 heteroatoms. The van der Waals surface area contributed by atoms with Gasteiger partial charge in [0.05, 0.1) is 39.1 Å². The first-order valence-corrected chi connectivity index (χ1v) is 33.5. The van der Waals surface area contributed by atoms with Gasteiger partial charge in [0.25, 0.3) is 0 Å². The number of aromatic nitrogens is 2. The van der Waals surface area contributed by atoms with Crippen LogP contribution in [0.4, 0.5) is 34.1 Å². The number of benzene rings is 12. The molecular weight excluding hydrogens is 1090 g/mol. The van der Waals surface area contributed by atoms with E-state index in [0.29, 0.717) is 0 Å². The summed E-state index contributed by atoms with van der Waals surface area (Å²) in [4.78, 5) is 5.42. The Morgan fingerprint density at radius 3 is 1.32 bits per heavy atom. The van der Waals surface area contributed by atoms with Crippen LogP contribution in [0.2, 0.25) is 0 Å². The summed E-state index contributed by atoms with van der Waals surface area (Å²) in [6.07, 6.45) is 9.12. The van der Waals surface area contributed by atoms with Gasteiger partial charge in [-0.3, -0.25) is 0 Å². The van der Waals surface area contributed by atoms with Crippen LogP contribution in [0.3, 0.4) is 0 Å². The fraction of sp³-hybridized carbons (Fsp3) is 0.256. The minimum Gasteiger partial charge on any atom is -0.309 e. The van der Waals surface area contributed by atoms with Crippen molar-refractivity contribution in [3.8, 4) is 11.4 Å². The molecule has 0 fully saturated rings. The molecule has 2 heterocycles. The summed E-state index contributed by atoms with van der Waals surface area (Å²) in [7, 11) is 0. The number of anilines is 6. The minimum absolute atomic E-state index is 0.00144. The number of rotatable bonds is 10. The van der Waals surface area contributed by atoms with Crippen molar-refractivity contribution in [2.24, 2.45) is 0 Å². The van der Waals surface area contributed by atoms with Crippen LogP contribution in [0.25, 0.3) is 87.3 Å². The average Bonchev–Trinajstić information content (AvgIpc) is 0.885. The molecule has 12 aromatic carbocycles. The van der Waals surface area contributed by atoms with Gasteiger partial charge in [-0.05, 0) is 225 Å². The zero-order valence-corrected chi connectivity index (χ0v) is 54.2. The van der Waals surface area contributed by atoms with E-state index in [1.165, 1.54) is 192 Å². The van der Waals surface area contributed by atoms with Crippen LogP contribution < -0.4 is 9.80 Å². The number of para-hydroxylation sites is 2. The van der Waals surface area contributed by atoms with Gasteiger partial charge in [0.2, 0.25) is 0 Å². The third-order valence-corrected chi connectivity index (χ3v) is 20.6. The summed E-state index contributed by atoms with van der Waals surface area (Å²) < 4.78 is 5.05. The zero-order chi connectivity index (χ0) is 61.5. The molecular formula is C86H82N4. The first-order chi connectivity index (χ1) is 43.6. The van der Waals surface area contributed by atoms with Crippen molar-refractivity contribution in [3.05, 3.63) is 251 Å². The fourth-order valence-corrected chi connectivity index (χ4v) is 16.1. The first-order valence-electron chi connectivity index (χ1n) is 33.5. The number of hydrogen-bond donors (Lipinski definition) is 0.